The van der Waals surface area contributed by atoms with Gasteiger partial charge in [-0.2, -0.15) is 0 Å². The second-order valence-corrected chi connectivity index (χ2v) is 7.39. The predicted octanol–water partition coefficient (Wildman–Crippen LogP) is 4.80. The zero-order chi connectivity index (χ0) is 19.0. The van der Waals surface area contributed by atoms with E-state index in [1.54, 1.807) is 11.7 Å². The average Bonchev–Trinajstić information content (AvgIpc) is 3.10. The Kier molecular flexibility index (Phi) is 4.54. The molecule has 2 aromatic carbocycles. The Balaban J connectivity index is 1.87. The van der Waals surface area contributed by atoms with Crippen molar-refractivity contribution in [2.24, 2.45) is 0 Å². The van der Waals surface area contributed by atoms with Crippen molar-refractivity contribution in [3.63, 3.8) is 0 Å². The normalized spacial score (nSPS) is 11.1. The van der Waals surface area contributed by atoms with E-state index in [1.165, 1.54) is 16.9 Å². The highest BCUT2D eigenvalue weighted by atomic mass is 32.1. The van der Waals surface area contributed by atoms with Crippen molar-refractivity contribution >= 4 is 21.6 Å². The molecule has 5 heteroatoms. The van der Waals surface area contributed by atoms with Crippen molar-refractivity contribution in [1.29, 1.82) is 0 Å². The first-order valence-electron chi connectivity index (χ1n) is 8.76. The van der Waals surface area contributed by atoms with Gasteiger partial charge in [0, 0.05) is 10.9 Å². The fraction of sp³-hybridized carbons (Fsp3) is 0.182. The zero-order valence-electron chi connectivity index (χ0n) is 15.5. The van der Waals surface area contributed by atoms with Crippen LogP contribution >= 0.6 is 11.3 Å². The van der Waals surface area contributed by atoms with Gasteiger partial charge in [-0.15, -0.1) is 11.3 Å². The number of hydrogen-bond donors (Lipinski definition) is 0. The molecule has 0 amide bonds. The van der Waals surface area contributed by atoms with Crippen LogP contribution in [0.25, 0.3) is 21.3 Å². The Morgan fingerprint density at radius 3 is 2.52 bits per heavy atom. The molecule has 4 rings (SSSR count). The molecule has 0 spiro atoms. The summed E-state index contributed by atoms with van der Waals surface area (Å²) >= 11 is 1.51. The Morgan fingerprint density at radius 2 is 1.81 bits per heavy atom. The van der Waals surface area contributed by atoms with Crippen LogP contribution in [0.15, 0.2) is 58.7 Å². The van der Waals surface area contributed by atoms with E-state index in [2.05, 4.69) is 19.1 Å². The van der Waals surface area contributed by atoms with E-state index in [0.29, 0.717) is 11.9 Å². The third kappa shape index (κ3) is 3.15. The summed E-state index contributed by atoms with van der Waals surface area (Å²) in [5, 5.41) is 2.70. The number of benzene rings is 2. The summed E-state index contributed by atoms with van der Waals surface area (Å²) in [7, 11) is 1.64. The van der Waals surface area contributed by atoms with Crippen molar-refractivity contribution in [1.82, 2.24) is 9.55 Å². The minimum Gasteiger partial charge on any atom is -0.497 e. The van der Waals surface area contributed by atoms with Crippen molar-refractivity contribution in [2.75, 3.05) is 7.11 Å². The van der Waals surface area contributed by atoms with Gasteiger partial charge in [0.2, 0.25) is 0 Å². The van der Waals surface area contributed by atoms with Crippen LogP contribution in [0.1, 0.15) is 17.0 Å². The Hall–Kier alpha value is -2.92. The Bertz CT molecular complexity index is 1170. The number of aryl methyl sites for hydroxylation is 2. The van der Waals surface area contributed by atoms with Gasteiger partial charge in [0.1, 0.15) is 16.4 Å². The van der Waals surface area contributed by atoms with Gasteiger partial charge in [-0.3, -0.25) is 9.36 Å². The number of nitrogens with zero attached hydrogens (tertiary/aromatic N) is 2. The fourth-order valence-electron chi connectivity index (χ4n) is 3.25. The topological polar surface area (TPSA) is 44.1 Å². The first-order chi connectivity index (χ1) is 13.1. The van der Waals surface area contributed by atoms with Crippen LogP contribution in [0.5, 0.6) is 5.75 Å². The SMILES string of the molecule is COc1ccc(-c2csc3nc(C)n(Cc4ccccc4C)c(=O)c23)cc1. The zero-order valence-corrected chi connectivity index (χ0v) is 16.3. The summed E-state index contributed by atoms with van der Waals surface area (Å²) in [6.07, 6.45) is 0. The van der Waals surface area contributed by atoms with E-state index < -0.39 is 0 Å². The molecule has 0 atom stereocenters. The molecule has 4 nitrogen and oxygen atoms in total. The maximum atomic E-state index is 13.3. The highest BCUT2D eigenvalue weighted by Gasteiger charge is 2.16. The molecule has 0 aliphatic carbocycles. The van der Waals surface area contributed by atoms with E-state index >= 15 is 0 Å². The maximum Gasteiger partial charge on any atom is 0.263 e. The summed E-state index contributed by atoms with van der Waals surface area (Å²) in [6, 6.07) is 15.9. The number of fused-ring (bicyclic) bond motifs is 1. The molecular formula is C22H20N2O2S. The van der Waals surface area contributed by atoms with Crippen LogP contribution in [0.2, 0.25) is 0 Å². The van der Waals surface area contributed by atoms with Gasteiger partial charge in [0.25, 0.3) is 5.56 Å². The lowest BCUT2D eigenvalue weighted by Gasteiger charge is -2.12. The van der Waals surface area contributed by atoms with Crippen molar-refractivity contribution in [2.45, 2.75) is 20.4 Å². The lowest BCUT2D eigenvalue weighted by molar-refractivity contribution is 0.415. The van der Waals surface area contributed by atoms with Gasteiger partial charge < -0.3 is 4.74 Å². The van der Waals surface area contributed by atoms with E-state index in [1.807, 2.05) is 48.7 Å². The van der Waals surface area contributed by atoms with Gasteiger partial charge in [0.15, 0.2) is 0 Å². The summed E-state index contributed by atoms with van der Waals surface area (Å²) in [5.74, 6) is 1.53. The molecule has 0 saturated carbocycles. The highest BCUT2D eigenvalue weighted by molar-refractivity contribution is 7.17. The average molecular weight is 376 g/mol. The molecule has 27 heavy (non-hydrogen) atoms. The third-order valence-corrected chi connectivity index (χ3v) is 5.75. The number of ether oxygens (including phenoxy) is 1. The largest absolute Gasteiger partial charge is 0.497 e. The molecule has 0 aliphatic rings. The molecular weight excluding hydrogens is 356 g/mol. The third-order valence-electron chi connectivity index (χ3n) is 4.88. The minimum atomic E-state index is 0.00724. The molecule has 0 aliphatic heterocycles. The lowest BCUT2D eigenvalue weighted by Crippen LogP contribution is -2.24. The smallest absolute Gasteiger partial charge is 0.263 e. The molecule has 2 heterocycles. The van der Waals surface area contributed by atoms with Crippen LogP contribution in [-0.4, -0.2) is 16.7 Å². The van der Waals surface area contributed by atoms with Crippen LogP contribution < -0.4 is 10.3 Å². The molecule has 0 saturated heterocycles. The van der Waals surface area contributed by atoms with Gasteiger partial charge >= 0.3 is 0 Å². The molecule has 0 unspecified atom stereocenters. The summed E-state index contributed by atoms with van der Waals surface area (Å²) < 4.78 is 7.00. The first-order valence-corrected chi connectivity index (χ1v) is 9.64. The monoisotopic (exact) mass is 376 g/mol. The number of hydrogen-bond acceptors (Lipinski definition) is 4. The summed E-state index contributed by atoms with van der Waals surface area (Å²) in [5.41, 5.74) is 4.23. The predicted molar refractivity (Wildman–Crippen MR) is 111 cm³/mol. The van der Waals surface area contributed by atoms with Crippen molar-refractivity contribution < 1.29 is 4.74 Å². The fourth-order valence-corrected chi connectivity index (χ4v) is 4.24. The Labute approximate surface area is 161 Å². The molecule has 2 aromatic heterocycles. The standard InChI is InChI=1S/C22H20N2O2S/c1-14-6-4-5-7-17(14)12-24-15(2)23-21-20(22(24)25)19(13-27-21)16-8-10-18(26-3)11-9-16/h4-11,13H,12H2,1-3H3. The number of rotatable bonds is 4. The van der Waals surface area contributed by atoms with Gasteiger partial charge in [-0.1, -0.05) is 36.4 Å². The minimum absolute atomic E-state index is 0.00724. The van der Waals surface area contributed by atoms with Crippen LogP contribution in [0.4, 0.5) is 0 Å². The molecule has 0 fully saturated rings. The van der Waals surface area contributed by atoms with E-state index in [0.717, 1.165) is 33.1 Å². The van der Waals surface area contributed by atoms with Gasteiger partial charge in [-0.25, -0.2) is 4.98 Å². The van der Waals surface area contributed by atoms with Crippen molar-refractivity contribution in [3.8, 4) is 16.9 Å². The van der Waals surface area contributed by atoms with Gasteiger partial charge in [-0.05, 0) is 42.7 Å². The van der Waals surface area contributed by atoms with E-state index in [-0.39, 0.29) is 5.56 Å². The van der Waals surface area contributed by atoms with Gasteiger partial charge in [0.05, 0.1) is 19.0 Å². The second kappa shape index (κ2) is 7.00. The second-order valence-electron chi connectivity index (χ2n) is 6.53. The first kappa shape index (κ1) is 17.5. The summed E-state index contributed by atoms with van der Waals surface area (Å²) in [6.45, 7) is 4.49. The quantitative estimate of drug-likeness (QED) is 0.514. The van der Waals surface area contributed by atoms with Crippen LogP contribution in [0.3, 0.4) is 0 Å². The maximum absolute atomic E-state index is 13.3. The van der Waals surface area contributed by atoms with Crippen LogP contribution in [0, 0.1) is 13.8 Å². The van der Waals surface area contributed by atoms with Crippen LogP contribution in [-0.2, 0) is 6.54 Å². The van der Waals surface area contributed by atoms with E-state index in [4.69, 9.17) is 9.72 Å². The lowest BCUT2D eigenvalue weighted by atomic mass is 10.1. The highest BCUT2D eigenvalue weighted by Crippen LogP contribution is 2.32. The van der Waals surface area contributed by atoms with E-state index in [9.17, 15) is 4.79 Å². The number of thiophene rings is 1. The molecule has 0 radical (unpaired) electrons. The number of methoxy groups -OCH3 is 1. The summed E-state index contributed by atoms with van der Waals surface area (Å²) in [4.78, 5) is 18.8. The molecule has 4 aromatic rings. The molecule has 0 bridgehead atoms. The Morgan fingerprint density at radius 1 is 1.07 bits per heavy atom. The molecule has 136 valence electrons. The van der Waals surface area contributed by atoms with Crippen molar-refractivity contribution in [3.05, 3.63) is 81.2 Å². The molecule has 0 N–H and O–H groups in total. The number of aromatic nitrogens is 2.